The van der Waals surface area contributed by atoms with E-state index in [-0.39, 0.29) is 5.78 Å². The summed E-state index contributed by atoms with van der Waals surface area (Å²) in [5.41, 5.74) is 2.06. The first-order valence-electron chi connectivity index (χ1n) is 7.14. The summed E-state index contributed by atoms with van der Waals surface area (Å²) in [5, 5.41) is 0.557. The molecular weight excluding hydrogens is 256 g/mol. The molecule has 1 aromatic carbocycles. The van der Waals surface area contributed by atoms with Crippen molar-refractivity contribution >= 4 is 17.4 Å². The Morgan fingerprint density at radius 1 is 1.11 bits per heavy atom. The minimum atomic E-state index is 0.143. The molecule has 0 spiro atoms. The van der Waals surface area contributed by atoms with Gasteiger partial charge in [-0.05, 0) is 31.4 Å². The molecule has 0 heterocycles. The maximum absolute atomic E-state index is 12.1. The second-order valence-electron chi connectivity index (χ2n) is 4.80. The predicted molar refractivity (Wildman–Crippen MR) is 82.9 cm³/mol. The van der Waals surface area contributed by atoms with Gasteiger partial charge in [0.05, 0.1) is 5.02 Å². The van der Waals surface area contributed by atoms with Crippen molar-refractivity contribution < 1.29 is 4.79 Å². The van der Waals surface area contributed by atoms with Crippen LogP contribution in [-0.2, 0) is 0 Å². The number of Topliss-reactive ketones (excluding diaryl/α,β-unsaturated/α-hetero) is 1. The monoisotopic (exact) mass is 278 g/mol. The zero-order valence-electron chi connectivity index (χ0n) is 11.9. The molecule has 0 aromatic heterocycles. The first kappa shape index (κ1) is 16.0. The molecule has 1 rings (SSSR count). The molecular formula is C17H23ClO. The van der Waals surface area contributed by atoms with E-state index in [1.165, 1.54) is 5.57 Å². The summed E-state index contributed by atoms with van der Waals surface area (Å²) in [6.45, 7) is 4.35. The van der Waals surface area contributed by atoms with Crippen LogP contribution in [0.25, 0.3) is 0 Å². The van der Waals surface area contributed by atoms with Gasteiger partial charge in [-0.3, -0.25) is 4.79 Å². The molecule has 0 radical (unpaired) electrons. The lowest BCUT2D eigenvalue weighted by Gasteiger charge is -2.07. The average Bonchev–Trinajstić information content (AvgIpc) is 2.42. The molecule has 0 aliphatic rings. The van der Waals surface area contributed by atoms with Gasteiger partial charge in [0, 0.05) is 12.0 Å². The van der Waals surface area contributed by atoms with E-state index in [4.69, 9.17) is 11.6 Å². The highest BCUT2D eigenvalue weighted by molar-refractivity contribution is 6.33. The number of rotatable bonds is 8. The molecule has 0 atom stereocenters. The standard InChI is InChI=1S/C17H23ClO/c1-3-5-9-14(8-4-2)12-13-17(19)15-10-6-7-11-16(15)18/h6-7,9-11H,3-5,8,12-13H2,1-2H3/b14-9+. The topological polar surface area (TPSA) is 17.1 Å². The van der Waals surface area contributed by atoms with E-state index >= 15 is 0 Å². The van der Waals surface area contributed by atoms with Crippen molar-refractivity contribution in [3.63, 3.8) is 0 Å². The van der Waals surface area contributed by atoms with Crippen molar-refractivity contribution in [1.29, 1.82) is 0 Å². The first-order chi connectivity index (χ1) is 9.19. The number of halogens is 1. The quantitative estimate of drug-likeness (QED) is 0.432. The van der Waals surface area contributed by atoms with Crippen LogP contribution in [0, 0.1) is 0 Å². The lowest BCUT2D eigenvalue weighted by atomic mass is 9.99. The minimum Gasteiger partial charge on any atom is -0.294 e. The first-order valence-corrected chi connectivity index (χ1v) is 7.52. The van der Waals surface area contributed by atoms with E-state index in [0.717, 1.165) is 32.1 Å². The van der Waals surface area contributed by atoms with Gasteiger partial charge in [-0.15, -0.1) is 0 Å². The third kappa shape index (κ3) is 5.61. The lowest BCUT2D eigenvalue weighted by Crippen LogP contribution is -2.00. The van der Waals surface area contributed by atoms with Crippen LogP contribution in [0.5, 0.6) is 0 Å². The SMILES string of the molecule is CCC/C=C(\CCC)CCC(=O)c1ccccc1Cl. The van der Waals surface area contributed by atoms with Gasteiger partial charge in [0.15, 0.2) is 5.78 Å². The van der Waals surface area contributed by atoms with Crippen LogP contribution >= 0.6 is 11.6 Å². The fourth-order valence-corrected chi connectivity index (χ4v) is 2.34. The van der Waals surface area contributed by atoms with Crippen LogP contribution in [-0.4, -0.2) is 5.78 Å². The van der Waals surface area contributed by atoms with Crippen molar-refractivity contribution in [3.8, 4) is 0 Å². The summed E-state index contributed by atoms with van der Waals surface area (Å²) >= 11 is 6.04. The van der Waals surface area contributed by atoms with E-state index in [1.807, 2.05) is 12.1 Å². The van der Waals surface area contributed by atoms with Gasteiger partial charge < -0.3 is 0 Å². The lowest BCUT2D eigenvalue weighted by molar-refractivity contribution is 0.0982. The smallest absolute Gasteiger partial charge is 0.164 e. The molecule has 1 nitrogen and oxygen atoms in total. The fourth-order valence-electron chi connectivity index (χ4n) is 2.09. The second-order valence-corrected chi connectivity index (χ2v) is 5.21. The normalized spacial score (nSPS) is 11.6. The summed E-state index contributed by atoms with van der Waals surface area (Å²) in [6.07, 6.45) is 8.20. The van der Waals surface area contributed by atoms with Gasteiger partial charge >= 0.3 is 0 Å². The van der Waals surface area contributed by atoms with E-state index in [1.54, 1.807) is 12.1 Å². The summed E-state index contributed by atoms with van der Waals surface area (Å²) in [5.74, 6) is 0.143. The van der Waals surface area contributed by atoms with Gasteiger partial charge in [-0.2, -0.15) is 0 Å². The molecule has 1 aromatic rings. The molecule has 0 unspecified atom stereocenters. The number of ketones is 1. The third-order valence-corrected chi connectivity index (χ3v) is 3.47. The van der Waals surface area contributed by atoms with Crippen molar-refractivity contribution in [1.82, 2.24) is 0 Å². The molecule has 0 saturated carbocycles. The van der Waals surface area contributed by atoms with Gasteiger partial charge in [0.25, 0.3) is 0 Å². The highest BCUT2D eigenvalue weighted by Crippen LogP contribution is 2.20. The van der Waals surface area contributed by atoms with Crippen LogP contribution < -0.4 is 0 Å². The Kier molecular flexibility index (Phi) is 7.50. The molecule has 0 fully saturated rings. The fraction of sp³-hybridized carbons (Fsp3) is 0.471. The van der Waals surface area contributed by atoms with Crippen LogP contribution in [0.15, 0.2) is 35.9 Å². The molecule has 0 aliphatic heterocycles. The van der Waals surface area contributed by atoms with E-state index in [0.29, 0.717) is 17.0 Å². The Labute approximate surface area is 121 Å². The summed E-state index contributed by atoms with van der Waals surface area (Å²) in [4.78, 5) is 12.1. The van der Waals surface area contributed by atoms with Crippen molar-refractivity contribution in [2.75, 3.05) is 0 Å². The number of benzene rings is 1. The molecule has 104 valence electrons. The second kappa shape index (κ2) is 8.92. The number of unbranched alkanes of at least 4 members (excludes halogenated alkanes) is 1. The Bertz CT molecular complexity index is 435. The number of carbonyl (C=O) groups excluding carboxylic acids is 1. The Morgan fingerprint density at radius 3 is 2.47 bits per heavy atom. The van der Waals surface area contributed by atoms with Crippen LogP contribution in [0.1, 0.15) is 62.7 Å². The van der Waals surface area contributed by atoms with Gasteiger partial charge in [-0.1, -0.05) is 62.1 Å². The number of carbonyl (C=O) groups is 1. The van der Waals surface area contributed by atoms with E-state index < -0.39 is 0 Å². The number of allylic oxidation sites excluding steroid dienone is 2. The highest BCUT2D eigenvalue weighted by Gasteiger charge is 2.10. The molecule has 0 N–H and O–H groups in total. The van der Waals surface area contributed by atoms with Crippen LogP contribution in [0.2, 0.25) is 5.02 Å². The summed E-state index contributed by atoms with van der Waals surface area (Å²) in [6, 6.07) is 7.29. The zero-order chi connectivity index (χ0) is 14.1. The van der Waals surface area contributed by atoms with Crippen LogP contribution in [0.4, 0.5) is 0 Å². The van der Waals surface area contributed by atoms with Crippen LogP contribution in [0.3, 0.4) is 0 Å². The maximum atomic E-state index is 12.1. The number of hydrogen-bond donors (Lipinski definition) is 0. The summed E-state index contributed by atoms with van der Waals surface area (Å²) in [7, 11) is 0. The minimum absolute atomic E-state index is 0.143. The van der Waals surface area contributed by atoms with Gasteiger partial charge in [0.2, 0.25) is 0 Å². The Morgan fingerprint density at radius 2 is 1.84 bits per heavy atom. The van der Waals surface area contributed by atoms with Crippen molar-refractivity contribution in [2.45, 2.75) is 52.4 Å². The molecule has 0 saturated heterocycles. The van der Waals surface area contributed by atoms with E-state index in [9.17, 15) is 4.79 Å². The molecule has 0 amide bonds. The van der Waals surface area contributed by atoms with Gasteiger partial charge in [-0.25, -0.2) is 0 Å². The largest absolute Gasteiger partial charge is 0.294 e. The molecule has 2 heteroatoms. The molecule has 19 heavy (non-hydrogen) atoms. The Balaban J connectivity index is 2.59. The van der Waals surface area contributed by atoms with Crippen molar-refractivity contribution in [3.05, 3.63) is 46.5 Å². The molecule has 0 aliphatic carbocycles. The Hall–Kier alpha value is -1.08. The number of hydrogen-bond acceptors (Lipinski definition) is 1. The van der Waals surface area contributed by atoms with Gasteiger partial charge in [0.1, 0.15) is 0 Å². The van der Waals surface area contributed by atoms with E-state index in [2.05, 4.69) is 19.9 Å². The highest BCUT2D eigenvalue weighted by atomic mass is 35.5. The summed E-state index contributed by atoms with van der Waals surface area (Å²) < 4.78 is 0. The average molecular weight is 279 g/mol. The third-order valence-electron chi connectivity index (χ3n) is 3.14. The van der Waals surface area contributed by atoms with Crippen molar-refractivity contribution in [2.24, 2.45) is 0 Å². The predicted octanol–water partition coefficient (Wildman–Crippen LogP) is 5.83. The maximum Gasteiger partial charge on any atom is 0.164 e. The molecule has 0 bridgehead atoms. The zero-order valence-corrected chi connectivity index (χ0v) is 12.7.